The topological polar surface area (TPSA) is 41.6 Å². The molecule has 3 nitrogen and oxygen atoms in total. The quantitative estimate of drug-likeness (QED) is 0.728. The maximum Gasteiger partial charge on any atom is 0.104 e. The van der Waals surface area contributed by atoms with Crippen LogP contribution in [0.15, 0.2) is 24.4 Å². The number of aryl methyl sites for hydroxylation is 2. The Labute approximate surface area is 93.9 Å². The maximum atomic E-state index is 4.53. The van der Waals surface area contributed by atoms with Crippen molar-refractivity contribution >= 4 is 17.1 Å². The van der Waals surface area contributed by atoms with Crippen LogP contribution in [0.2, 0.25) is 0 Å². The van der Waals surface area contributed by atoms with Gasteiger partial charge in [0.05, 0.1) is 22.9 Å². The molecule has 0 aromatic carbocycles. The van der Waals surface area contributed by atoms with Gasteiger partial charge in [0.2, 0.25) is 0 Å². The molecule has 16 heavy (non-hydrogen) atoms. The molecule has 1 aliphatic rings. The van der Waals surface area contributed by atoms with E-state index in [4.69, 9.17) is 0 Å². The van der Waals surface area contributed by atoms with Crippen LogP contribution in [0.4, 0.5) is 0 Å². The smallest absolute Gasteiger partial charge is 0.104 e. The van der Waals surface area contributed by atoms with Gasteiger partial charge in [-0.05, 0) is 19.8 Å². The molecule has 0 bridgehead atoms. The van der Waals surface area contributed by atoms with Gasteiger partial charge in [0.15, 0.2) is 0 Å². The molecule has 0 aliphatic heterocycles. The van der Waals surface area contributed by atoms with Gasteiger partial charge in [0.1, 0.15) is 5.82 Å². The Morgan fingerprint density at radius 1 is 1.31 bits per heavy atom. The maximum absolute atomic E-state index is 4.53. The Morgan fingerprint density at radius 2 is 2.25 bits per heavy atom. The molecule has 0 saturated heterocycles. The average molecular weight is 211 g/mol. The van der Waals surface area contributed by atoms with Crippen LogP contribution in [0, 0.1) is 6.92 Å². The molecule has 0 fully saturated rings. The van der Waals surface area contributed by atoms with Crippen LogP contribution in [-0.4, -0.2) is 15.0 Å². The van der Waals surface area contributed by atoms with E-state index >= 15 is 0 Å². The summed E-state index contributed by atoms with van der Waals surface area (Å²) in [4.78, 5) is 12.3. The van der Waals surface area contributed by atoms with E-state index in [1.165, 1.54) is 0 Å². The summed E-state index contributed by atoms with van der Waals surface area (Å²) < 4.78 is 0. The van der Waals surface area contributed by atoms with Gasteiger partial charge in [-0.1, -0.05) is 24.3 Å². The van der Waals surface area contributed by atoms with Crippen molar-refractivity contribution in [3.05, 3.63) is 41.5 Å². The summed E-state index contributed by atoms with van der Waals surface area (Å²) in [6.45, 7) is 1.97. The van der Waals surface area contributed by atoms with Crippen molar-refractivity contribution < 1.29 is 0 Å². The van der Waals surface area contributed by atoms with Gasteiger partial charge >= 0.3 is 0 Å². The lowest BCUT2D eigenvalue weighted by molar-refractivity contribution is 0.942. The van der Waals surface area contributed by atoms with Crippen molar-refractivity contribution in [2.75, 3.05) is 0 Å². The van der Waals surface area contributed by atoms with Crippen LogP contribution in [0.25, 0.3) is 17.1 Å². The normalized spacial score (nSPS) is 18.8. The first-order chi connectivity index (χ1) is 7.84. The zero-order valence-electron chi connectivity index (χ0n) is 9.20. The van der Waals surface area contributed by atoms with Crippen LogP contribution in [0.3, 0.4) is 0 Å². The number of nitrogens with zero attached hydrogens (tertiary/aromatic N) is 2. The fraction of sp³-hybridized carbons (Fsp3) is 0.231. The van der Waals surface area contributed by atoms with Crippen molar-refractivity contribution in [1.82, 2.24) is 15.0 Å². The summed E-state index contributed by atoms with van der Waals surface area (Å²) >= 11 is 0. The molecule has 0 atom stereocenters. The zero-order chi connectivity index (χ0) is 11.0. The molecule has 2 aromatic heterocycles. The molecule has 2 aromatic rings. The Morgan fingerprint density at radius 3 is 3.19 bits per heavy atom. The van der Waals surface area contributed by atoms with Crippen molar-refractivity contribution in [1.29, 1.82) is 0 Å². The highest BCUT2D eigenvalue weighted by Crippen LogP contribution is 2.22. The first kappa shape index (κ1) is 9.33. The molecule has 1 N–H and O–H groups in total. The standard InChI is InChI=1S/C13H13N3/c1-9-15-12-8-14-11-7-5-3-2-4-6-10(11)13(12)16-9/h2-4,6,8H,5,7H2,1H3,(H,15,16)/b3-2-,6-4-. The number of H-pyrrole nitrogens is 1. The van der Waals surface area contributed by atoms with Crippen molar-refractivity contribution in [2.45, 2.75) is 19.8 Å². The lowest BCUT2D eigenvalue weighted by Gasteiger charge is -2.05. The molecule has 0 saturated carbocycles. The number of nitrogens with one attached hydrogen (secondary N) is 1. The number of fused-ring (bicyclic) bond motifs is 3. The first-order valence-corrected chi connectivity index (χ1v) is 5.52. The van der Waals surface area contributed by atoms with Gasteiger partial charge in [-0.3, -0.25) is 4.98 Å². The van der Waals surface area contributed by atoms with Crippen LogP contribution < -0.4 is 0 Å². The van der Waals surface area contributed by atoms with Gasteiger partial charge in [-0.25, -0.2) is 4.98 Å². The van der Waals surface area contributed by atoms with Crippen molar-refractivity contribution in [3.8, 4) is 0 Å². The SMILES string of the molecule is Cc1nc2c3c(ncc2[nH]1)CC/C=C\C=C/3. The fourth-order valence-corrected chi connectivity index (χ4v) is 2.08. The predicted octanol–water partition coefficient (Wildman–Crippen LogP) is 2.78. The molecule has 1 aliphatic carbocycles. The molecule has 80 valence electrons. The van der Waals surface area contributed by atoms with Gasteiger partial charge in [0, 0.05) is 5.56 Å². The van der Waals surface area contributed by atoms with E-state index < -0.39 is 0 Å². The minimum atomic E-state index is 0.941. The molecule has 0 radical (unpaired) electrons. The second-order valence-electron chi connectivity index (χ2n) is 4.03. The Bertz CT molecular complexity index is 590. The number of hydrogen-bond acceptors (Lipinski definition) is 2. The minimum Gasteiger partial charge on any atom is -0.341 e. The third kappa shape index (κ3) is 1.45. The summed E-state index contributed by atoms with van der Waals surface area (Å²) in [6, 6.07) is 0. The van der Waals surface area contributed by atoms with Gasteiger partial charge in [-0.15, -0.1) is 0 Å². The van der Waals surface area contributed by atoms with E-state index in [-0.39, 0.29) is 0 Å². The lowest BCUT2D eigenvalue weighted by Crippen LogP contribution is -1.96. The number of hydrogen-bond donors (Lipinski definition) is 1. The highest BCUT2D eigenvalue weighted by molar-refractivity contribution is 5.85. The van der Waals surface area contributed by atoms with E-state index in [0.717, 1.165) is 41.0 Å². The molecular formula is C13H13N3. The second-order valence-corrected chi connectivity index (χ2v) is 4.03. The van der Waals surface area contributed by atoms with Crippen LogP contribution in [0.1, 0.15) is 23.5 Å². The number of pyridine rings is 1. The molecule has 0 unspecified atom stereocenters. The number of imidazole rings is 1. The van der Waals surface area contributed by atoms with E-state index in [1.807, 2.05) is 13.1 Å². The first-order valence-electron chi connectivity index (χ1n) is 5.52. The Hall–Kier alpha value is -1.90. The third-order valence-electron chi connectivity index (χ3n) is 2.82. The number of rotatable bonds is 0. The summed E-state index contributed by atoms with van der Waals surface area (Å²) in [5.41, 5.74) is 4.35. The van der Waals surface area contributed by atoms with Crippen LogP contribution in [0.5, 0.6) is 0 Å². The molecule has 0 amide bonds. The highest BCUT2D eigenvalue weighted by atomic mass is 14.9. The minimum absolute atomic E-state index is 0.941. The summed E-state index contributed by atoms with van der Waals surface area (Å²) in [6.07, 6.45) is 12.3. The molecule has 3 heteroatoms. The summed E-state index contributed by atoms with van der Waals surface area (Å²) in [5, 5.41) is 0. The van der Waals surface area contributed by atoms with E-state index in [0.29, 0.717) is 0 Å². The lowest BCUT2D eigenvalue weighted by atomic mass is 10.1. The molecule has 3 rings (SSSR count). The Balaban J connectivity index is 2.31. The van der Waals surface area contributed by atoms with E-state index in [1.54, 1.807) is 0 Å². The molecule has 2 heterocycles. The second kappa shape index (κ2) is 3.59. The molecular weight excluding hydrogens is 198 g/mol. The van der Waals surface area contributed by atoms with E-state index in [9.17, 15) is 0 Å². The summed E-state index contributed by atoms with van der Waals surface area (Å²) in [5.74, 6) is 0.941. The van der Waals surface area contributed by atoms with Crippen LogP contribution >= 0.6 is 0 Å². The predicted molar refractivity (Wildman–Crippen MR) is 65.1 cm³/mol. The monoisotopic (exact) mass is 211 g/mol. The van der Waals surface area contributed by atoms with Crippen molar-refractivity contribution in [3.63, 3.8) is 0 Å². The number of aromatic amines is 1. The highest BCUT2D eigenvalue weighted by Gasteiger charge is 2.10. The largest absolute Gasteiger partial charge is 0.341 e. The van der Waals surface area contributed by atoms with Crippen LogP contribution in [-0.2, 0) is 6.42 Å². The zero-order valence-corrected chi connectivity index (χ0v) is 9.20. The average Bonchev–Trinajstić information content (AvgIpc) is 2.58. The van der Waals surface area contributed by atoms with Gasteiger partial charge in [-0.2, -0.15) is 0 Å². The van der Waals surface area contributed by atoms with Crippen molar-refractivity contribution in [2.24, 2.45) is 0 Å². The van der Waals surface area contributed by atoms with E-state index in [2.05, 4.69) is 39.3 Å². The summed E-state index contributed by atoms with van der Waals surface area (Å²) in [7, 11) is 0. The Kier molecular flexibility index (Phi) is 2.10. The third-order valence-corrected chi connectivity index (χ3v) is 2.82. The number of aromatic nitrogens is 3. The van der Waals surface area contributed by atoms with Gasteiger partial charge < -0.3 is 4.98 Å². The van der Waals surface area contributed by atoms with Gasteiger partial charge in [0.25, 0.3) is 0 Å². The molecule has 0 spiro atoms. The fourth-order valence-electron chi connectivity index (χ4n) is 2.08. The number of allylic oxidation sites excluding steroid dienone is 3.